The van der Waals surface area contributed by atoms with E-state index in [1.54, 1.807) is 78.9 Å². The van der Waals surface area contributed by atoms with Crippen LogP contribution in [0, 0.1) is 0 Å². The number of aliphatic hydroxyl groups excluding tert-OH is 1. The highest BCUT2D eigenvalue weighted by Gasteiger charge is 2.45. The number of aliphatic hydroxyl groups is 1. The molecule has 3 aromatic rings. The van der Waals surface area contributed by atoms with Gasteiger partial charge in [-0.25, -0.2) is 0 Å². The zero-order valence-electron chi connectivity index (χ0n) is 17.4. The fraction of sp³-hybridized carbons (Fsp3) is 0.0769. The summed E-state index contributed by atoms with van der Waals surface area (Å²) in [6, 6.07) is 19.1. The Balaban J connectivity index is 1.90. The Labute approximate surface area is 201 Å². The van der Waals surface area contributed by atoms with E-state index >= 15 is 0 Å². The largest absolute Gasteiger partial charge is 0.503 e. The second kappa shape index (κ2) is 9.53. The zero-order valence-corrected chi connectivity index (χ0v) is 18.9. The van der Waals surface area contributed by atoms with Crippen LogP contribution in [0.2, 0.25) is 10.0 Å². The molecule has 7 heteroatoms. The van der Waals surface area contributed by atoms with Crippen molar-refractivity contribution < 1.29 is 19.4 Å². The lowest BCUT2D eigenvalue weighted by molar-refractivity contribution is -0.117. The number of carbonyl (C=O) groups is 2. The van der Waals surface area contributed by atoms with Gasteiger partial charge in [0, 0.05) is 15.6 Å². The fourth-order valence-corrected chi connectivity index (χ4v) is 4.03. The molecule has 1 atom stereocenters. The van der Waals surface area contributed by atoms with Crippen LogP contribution in [0.15, 0.2) is 96.8 Å². The first-order valence-corrected chi connectivity index (χ1v) is 10.8. The number of hydrogen-bond donors (Lipinski definition) is 1. The number of ketones is 1. The average Bonchev–Trinajstić information content (AvgIpc) is 3.09. The van der Waals surface area contributed by atoms with Gasteiger partial charge in [-0.05, 0) is 35.9 Å². The van der Waals surface area contributed by atoms with E-state index < -0.39 is 23.5 Å². The van der Waals surface area contributed by atoms with Crippen LogP contribution >= 0.6 is 23.2 Å². The molecule has 1 heterocycles. The molecule has 1 unspecified atom stereocenters. The van der Waals surface area contributed by atoms with Gasteiger partial charge in [-0.3, -0.25) is 14.5 Å². The van der Waals surface area contributed by atoms with Gasteiger partial charge in [0.15, 0.2) is 11.5 Å². The molecule has 0 aliphatic carbocycles. The van der Waals surface area contributed by atoms with E-state index in [9.17, 15) is 14.7 Å². The molecule has 1 aliphatic rings. The number of nitrogens with zero attached hydrogens (tertiary/aromatic N) is 1. The summed E-state index contributed by atoms with van der Waals surface area (Å²) in [4.78, 5) is 28.1. The zero-order chi connectivity index (χ0) is 23.5. The van der Waals surface area contributed by atoms with Gasteiger partial charge >= 0.3 is 0 Å². The molecular weight excluding hydrogens is 461 g/mol. The number of anilines is 1. The minimum Gasteiger partial charge on any atom is -0.503 e. The van der Waals surface area contributed by atoms with Gasteiger partial charge in [-0.15, -0.1) is 0 Å². The van der Waals surface area contributed by atoms with Crippen LogP contribution in [0.4, 0.5) is 5.69 Å². The van der Waals surface area contributed by atoms with Crippen LogP contribution in [-0.4, -0.2) is 23.4 Å². The smallest absolute Gasteiger partial charge is 0.294 e. The van der Waals surface area contributed by atoms with Crippen molar-refractivity contribution in [2.24, 2.45) is 0 Å². The highest BCUT2D eigenvalue weighted by molar-refractivity contribution is 6.31. The van der Waals surface area contributed by atoms with Gasteiger partial charge in [0.2, 0.25) is 0 Å². The van der Waals surface area contributed by atoms with Crippen LogP contribution in [0.1, 0.15) is 22.0 Å². The highest BCUT2D eigenvalue weighted by Crippen LogP contribution is 2.45. The predicted molar refractivity (Wildman–Crippen MR) is 129 cm³/mol. The average molecular weight is 480 g/mol. The van der Waals surface area contributed by atoms with Crippen molar-refractivity contribution in [3.05, 3.63) is 118 Å². The highest BCUT2D eigenvalue weighted by atomic mass is 35.5. The maximum absolute atomic E-state index is 13.5. The Bertz CT molecular complexity index is 1250. The molecule has 33 heavy (non-hydrogen) atoms. The number of carbonyl (C=O) groups excluding carboxylic acids is 2. The van der Waals surface area contributed by atoms with E-state index in [1.165, 1.54) is 4.90 Å². The lowest BCUT2D eigenvalue weighted by Gasteiger charge is -2.28. The summed E-state index contributed by atoms with van der Waals surface area (Å²) in [5, 5.41) is 11.8. The number of Topliss-reactive ketones (excluding diaryl/α,β-unsaturated/α-hetero) is 1. The third-order valence-electron chi connectivity index (χ3n) is 5.21. The Hall–Kier alpha value is -3.54. The predicted octanol–water partition coefficient (Wildman–Crippen LogP) is 6.34. The molecule has 3 aromatic carbocycles. The third-order valence-corrected chi connectivity index (χ3v) is 5.70. The molecule has 0 spiro atoms. The Morgan fingerprint density at radius 2 is 1.70 bits per heavy atom. The van der Waals surface area contributed by atoms with Crippen LogP contribution in [0.25, 0.3) is 0 Å². The van der Waals surface area contributed by atoms with Crippen molar-refractivity contribution in [3.8, 4) is 5.75 Å². The molecule has 1 N–H and O–H groups in total. The SMILES string of the molecule is C=CCOc1ccc(Cl)cc1N1C(=O)C(O)=C(C(=O)c2ccccc2)C1c1ccc(Cl)cc1. The van der Waals surface area contributed by atoms with E-state index in [1.807, 2.05) is 0 Å². The van der Waals surface area contributed by atoms with Gasteiger partial charge in [0.05, 0.1) is 17.3 Å². The molecule has 0 bridgehead atoms. The summed E-state index contributed by atoms with van der Waals surface area (Å²) in [6.07, 6.45) is 1.57. The maximum Gasteiger partial charge on any atom is 0.294 e. The Morgan fingerprint density at radius 3 is 2.36 bits per heavy atom. The molecule has 4 rings (SSSR count). The van der Waals surface area contributed by atoms with Crippen LogP contribution in [0.3, 0.4) is 0 Å². The number of ether oxygens (including phenoxy) is 1. The second-order valence-electron chi connectivity index (χ2n) is 7.30. The summed E-state index contributed by atoms with van der Waals surface area (Å²) >= 11 is 12.3. The molecule has 0 fully saturated rings. The van der Waals surface area contributed by atoms with Crippen molar-refractivity contribution in [3.63, 3.8) is 0 Å². The number of rotatable bonds is 7. The number of amides is 1. The van der Waals surface area contributed by atoms with Gasteiger partial charge in [0.1, 0.15) is 12.4 Å². The molecule has 0 radical (unpaired) electrons. The summed E-state index contributed by atoms with van der Waals surface area (Å²) in [7, 11) is 0. The summed E-state index contributed by atoms with van der Waals surface area (Å²) in [6.45, 7) is 3.84. The Kier molecular flexibility index (Phi) is 6.54. The van der Waals surface area contributed by atoms with Gasteiger partial charge < -0.3 is 9.84 Å². The van der Waals surface area contributed by atoms with Crippen LogP contribution in [0.5, 0.6) is 5.75 Å². The number of hydrogen-bond acceptors (Lipinski definition) is 4. The molecule has 0 aromatic heterocycles. The second-order valence-corrected chi connectivity index (χ2v) is 8.17. The first-order valence-electron chi connectivity index (χ1n) is 10.1. The standard InChI is InChI=1S/C26H19Cl2NO4/c1-2-14-33-21-13-12-19(28)15-20(21)29-23(16-8-10-18(27)11-9-16)22(25(31)26(29)32)24(30)17-6-4-3-5-7-17/h2-13,15,23,31H,1,14H2. The van der Waals surface area contributed by atoms with E-state index in [-0.39, 0.29) is 12.2 Å². The monoisotopic (exact) mass is 479 g/mol. The number of halogens is 2. The van der Waals surface area contributed by atoms with Crippen LogP contribution < -0.4 is 9.64 Å². The molecule has 0 saturated heterocycles. The molecule has 1 amide bonds. The summed E-state index contributed by atoms with van der Waals surface area (Å²) in [5.74, 6) is -1.47. The third kappa shape index (κ3) is 4.38. The minimum absolute atomic E-state index is 0.0387. The molecule has 0 saturated carbocycles. The van der Waals surface area contributed by atoms with Crippen molar-refractivity contribution in [1.29, 1.82) is 0 Å². The normalized spacial score (nSPS) is 15.6. The van der Waals surface area contributed by atoms with Crippen molar-refractivity contribution in [1.82, 2.24) is 0 Å². The summed E-state index contributed by atoms with van der Waals surface area (Å²) in [5.41, 5.74) is 1.22. The van der Waals surface area contributed by atoms with E-state index in [0.717, 1.165) is 0 Å². The first kappa shape index (κ1) is 22.6. The molecule has 5 nitrogen and oxygen atoms in total. The van der Waals surface area contributed by atoms with Gasteiger partial charge in [-0.2, -0.15) is 0 Å². The van der Waals surface area contributed by atoms with Crippen molar-refractivity contribution in [2.75, 3.05) is 11.5 Å². The fourth-order valence-electron chi connectivity index (χ4n) is 3.74. The lowest BCUT2D eigenvalue weighted by Crippen LogP contribution is -2.31. The molecule has 1 aliphatic heterocycles. The topological polar surface area (TPSA) is 66.8 Å². The van der Waals surface area contributed by atoms with Gasteiger partial charge in [-0.1, -0.05) is 78.3 Å². The van der Waals surface area contributed by atoms with Crippen molar-refractivity contribution in [2.45, 2.75) is 6.04 Å². The first-order chi connectivity index (χ1) is 15.9. The van der Waals surface area contributed by atoms with E-state index in [4.69, 9.17) is 27.9 Å². The quantitative estimate of drug-likeness (QED) is 0.317. The maximum atomic E-state index is 13.5. The van der Waals surface area contributed by atoms with Crippen molar-refractivity contribution >= 4 is 40.6 Å². The number of benzene rings is 3. The van der Waals surface area contributed by atoms with E-state index in [0.29, 0.717) is 32.6 Å². The lowest BCUT2D eigenvalue weighted by atomic mass is 9.92. The summed E-state index contributed by atoms with van der Waals surface area (Å²) < 4.78 is 5.74. The van der Waals surface area contributed by atoms with E-state index in [2.05, 4.69) is 6.58 Å². The van der Waals surface area contributed by atoms with Crippen LogP contribution in [-0.2, 0) is 4.79 Å². The molecule has 166 valence electrons. The van der Waals surface area contributed by atoms with Gasteiger partial charge in [0.25, 0.3) is 5.91 Å². The Morgan fingerprint density at radius 1 is 1.03 bits per heavy atom. The minimum atomic E-state index is -0.924. The molecular formula is C26H19Cl2NO4.